The molecule has 1 N–H and O–H groups in total. The van der Waals surface area contributed by atoms with Crippen molar-refractivity contribution in [1.29, 1.82) is 0 Å². The molecule has 2 rings (SSSR count). The molecular weight excluding hydrogens is 284 g/mol. The quantitative estimate of drug-likeness (QED) is 0.934. The van der Waals surface area contributed by atoms with Gasteiger partial charge < -0.3 is 5.32 Å². The molecule has 0 spiro atoms. The zero-order chi connectivity index (χ0) is 11.4. The Hall–Kier alpha value is -0.710. The van der Waals surface area contributed by atoms with Gasteiger partial charge in [-0.3, -0.25) is 0 Å². The second kappa shape index (κ2) is 5.57. The molecule has 1 heterocycles. The fourth-order valence-electron chi connectivity index (χ4n) is 1.43. The summed E-state index contributed by atoms with van der Waals surface area (Å²) in [5.41, 5.74) is 1.27. The molecule has 0 saturated heterocycles. The molecule has 0 amide bonds. The van der Waals surface area contributed by atoms with Crippen molar-refractivity contribution in [2.45, 2.75) is 20.0 Å². The maximum absolute atomic E-state index is 4.31. The normalized spacial score (nSPS) is 10.6. The molecule has 2 nitrogen and oxygen atoms in total. The van der Waals surface area contributed by atoms with Crippen LogP contribution in [0.2, 0.25) is 0 Å². The summed E-state index contributed by atoms with van der Waals surface area (Å²) < 4.78 is 1.15. The molecule has 0 atom stereocenters. The fraction of sp³-hybridized carbons (Fsp3) is 0.250. The molecule has 1 aromatic carbocycles. The summed E-state index contributed by atoms with van der Waals surface area (Å²) >= 11 is 5.28. The molecule has 4 heteroatoms. The van der Waals surface area contributed by atoms with Crippen molar-refractivity contribution in [3.63, 3.8) is 0 Å². The lowest BCUT2D eigenvalue weighted by Gasteiger charge is -2.04. The van der Waals surface area contributed by atoms with Crippen LogP contribution in [0.25, 0.3) is 0 Å². The van der Waals surface area contributed by atoms with E-state index in [0.29, 0.717) is 0 Å². The molecule has 0 aliphatic heterocycles. The Kier molecular flexibility index (Phi) is 4.09. The van der Waals surface area contributed by atoms with Gasteiger partial charge in [0.1, 0.15) is 5.01 Å². The predicted molar refractivity (Wildman–Crippen MR) is 71.5 cm³/mol. The van der Waals surface area contributed by atoms with Crippen molar-refractivity contribution in [3.8, 4) is 0 Å². The van der Waals surface area contributed by atoms with Crippen LogP contribution in [0.15, 0.2) is 34.9 Å². The van der Waals surface area contributed by atoms with Crippen LogP contribution in [0.4, 0.5) is 0 Å². The maximum atomic E-state index is 4.31. The number of rotatable bonds is 4. The molecule has 0 aliphatic carbocycles. The van der Waals surface area contributed by atoms with Gasteiger partial charge in [-0.25, -0.2) is 4.98 Å². The summed E-state index contributed by atoms with van der Waals surface area (Å²) in [7, 11) is 0. The van der Waals surface area contributed by atoms with Crippen LogP contribution in [0.1, 0.15) is 15.4 Å². The third kappa shape index (κ3) is 3.14. The first-order valence-corrected chi connectivity index (χ1v) is 6.72. The molecule has 0 radical (unpaired) electrons. The van der Waals surface area contributed by atoms with Gasteiger partial charge in [0.2, 0.25) is 0 Å². The van der Waals surface area contributed by atoms with Crippen molar-refractivity contribution in [1.82, 2.24) is 10.3 Å². The van der Waals surface area contributed by atoms with Crippen molar-refractivity contribution >= 4 is 27.3 Å². The van der Waals surface area contributed by atoms with E-state index in [4.69, 9.17) is 0 Å². The van der Waals surface area contributed by atoms with Gasteiger partial charge in [0, 0.05) is 28.6 Å². The van der Waals surface area contributed by atoms with Crippen LogP contribution in [0.5, 0.6) is 0 Å². The number of nitrogens with zero attached hydrogens (tertiary/aromatic N) is 1. The van der Waals surface area contributed by atoms with Gasteiger partial charge in [-0.2, -0.15) is 0 Å². The van der Waals surface area contributed by atoms with Crippen molar-refractivity contribution in [2.75, 3.05) is 0 Å². The van der Waals surface area contributed by atoms with E-state index in [0.717, 1.165) is 22.6 Å². The Labute approximate surface area is 108 Å². The molecule has 1 aromatic heterocycles. The van der Waals surface area contributed by atoms with Crippen LogP contribution in [-0.4, -0.2) is 4.98 Å². The standard InChI is InChI=1S/C12H13BrN2S/c1-9-6-15-12(16-9)8-14-7-10-4-2-3-5-11(10)13/h2-6,14H,7-8H2,1H3. The Bertz CT molecular complexity index is 468. The lowest BCUT2D eigenvalue weighted by Crippen LogP contribution is -2.12. The summed E-state index contributed by atoms with van der Waals surface area (Å²) in [5.74, 6) is 0. The van der Waals surface area contributed by atoms with Gasteiger partial charge in [0.15, 0.2) is 0 Å². The number of hydrogen-bond acceptors (Lipinski definition) is 3. The first kappa shape index (κ1) is 11.8. The highest BCUT2D eigenvalue weighted by atomic mass is 79.9. The van der Waals surface area contributed by atoms with E-state index in [-0.39, 0.29) is 0 Å². The van der Waals surface area contributed by atoms with E-state index in [1.54, 1.807) is 11.3 Å². The highest BCUT2D eigenvalue weighted by molar-refractivity contribution is 9.10. The van der Waals surface area contributed by atoms with E-state index in [2.05, 4.69) is 51.4 Å². The number of thiazole rings is 1. The predicted octanol–water partition coefficient (Wildman–Crippen LogP) is 3.50. The van der Waals surface area contributed by atoms with Crippen LogP contribution >= 0.6 is 27.3 Å². The first-order valence-electron chi connectivity index (χ1n) is 5.11. The van der Waals surface area contributed by atoms with Gasteiger partial charge in [0.25, 0.3) is 0 Å². The second-order valence-electron chi connectivity index (χ2n) is 3.56. The number of aromatic nitrogens is 1. The average Bonchev–Trinajstić information content (AvgIpc) is 2.67. The Balaban J connectivity index is 1.87. The summed E-state index contributed by atoms with van der Waals surface area (Å²) in [6.45, 7) is 3.77. The zero-order valence-electron chi connectivity index (χ0n) is 9.03. The molecule has 0 unspecified atom stereocenters. The first-order chi connectivity index (χ1) is 7.75. The van der Waals surface area contributed by atoms with Gasteiger partial charge in [-0.05, 0) is 18.6 Å². The lowest BCUT2D eigenvalue weighted by molar-refractivity contribution is 0.688. The highest BCUT2D eigenvalue weighted by Gasteiger charge is 2.00. The molecule has 16 heavy (non-hydrogen) atoms. The molecule has 0 fully saturated rings. The van der Waals surface area contributed by atoms with Gasteiger partial charge in [-0.15, -0.1) is 11.3 Å². The van der Waals surface area contributed by atoms with Crippen LogP contribution < -0.4 is 5.32 Å². The molecule has 84 valence electrons. The third-order valence-corrected chi connectivity index (χ3v) is 3.91. The number of aryl methyl sites for hydroxylation is 1. The van der Waals surface area contributed by atoms with Crippen LogP contribution in [-0.2, 0) is 13.1 Å². The Morgan fingerprint density at radius 2 is 2.12 bits per heavy atom. The summed E-state index contributed by atoms with van der Waals surface area (Å²) in [6.07, 6.45) is 1.92. The van der Waals surface area contributed by atoms with E-state index in [1.807, 2.05) is 12.3 Å². The van der Waals surface area contributed by atoms with Crippen molar-refractivity contribution < 1.29 is 0 Å². The second-order valence-corrected chi connectivity index (χ2v) is 5.73. The molecule has 0 bridgehead atoms. The van der Waals surface area contributed by atoms with E-state index < -0.39 is 0 Å². The van der Waals surface area contributed by atoms with Gasteiger partial charge in [-0.1, -0.05) is 34.1 Å². The third-order valence-electron chi connectivity index (χ3n) is 2.22. The number of halogens is 1. The van der Waals surface area contributed by atoms with Crippen LogP contribution in [0.3, 0.4) is 0 Å². The van der Waals surface area contributed by atoms with Crippen molar-refractivity contribution in [3.05, 3.63) is 50.4 Å². The summed E-state index contributed by atoms with van der Waals surface area (Å²) in [4.78, 5) is 5.58. The van der Waals surface area contributed by atoms with Gasteiger partial charge >= 0.3 is 0 Å². The minimum Gasteiger partial charge on any atom is -0.306 e. The van der Waals surface area contributed by atoms with E-state index in [9.17, 15) is 0 Å². The topological polar surface area (TPSA) is 24.9 Å². The molecular formula is C12H13BrN2S. The van der Waals surface area contributed by atoms with Crippen LogP contribution in [0, 0.1) is 6.92 Å². The lowest BCUT2D eigenvalue weighted by atomic mass is 10.2. The van der Waals surface area contributed by atoms with E-state index >= 15 is 0 Å². The number of hydrogen-bond donors (Lipinski definition) is 1. The minimum absolute atomic E-state index is 0.833. The minimum atomic E-state index is 0.833. The molecule has 2 aromatic rings. The highest BCUT2D eigenvalue weighted by Crippen LogP contribution is 2.16. The Morgan fingerprint density at radius 1 is 1.31 bits per heavy atom. The molecule has 0 aliphatic rings. The van der Waals surface area contributed by atoms with Crippen molar-refractivity contribution in [2.24, 2.45) is 0 Å². The molecule has 0 saturated carbocycles. The monoisotopic (exact) mass is 296 g/mol. The summed E-state index contributed by atoms with van der Waals surface area (Å²) in [5, 5.41) is 4.53. The number of nitrogens with one attached hydrogen (secondary N) is 1. The number of benzene rings is 1. The smallest absolute Gasteiger partial charge is 0.107 e. The van der Waals surface area contributed by atoms with Gasteiger partial charge in [0.05, 0.1) is 0 Å². The zero-order valence-corrected chi connectivity index (χ0v) is 11.4. The summed E-state index contributed by atoms with van der Waals surface area (Å²) in [6, 6.07) is 8.25. The largest absolute Gasteiger partial charge is 0.306 e. The van der Waals surface area contributed by atoms with E-state index in [1.165, 1.54) is 10.4 Å². The SMILES string of the molecule is Cc1cnc(CNCc2ccccc2Br)s1. The fourth-order valence-corrected chi connectivity index (χ4v) is 2.61. The Morgan fingerprint density at radius 3 is 2.81 bits per heavy atom. The average molecular weight is 297 g/mol. The maximum Gasteiger partial charge on any atom is 0.107 e.